The molecule has 1 atom stereocenters. The highest BCUT2D eigenvalue weighted by Gasteiger charge is 2.13. The molecule has 5 heteroatoms. The average molecular weight is 278 g/mol. The lowest BCUT2D eigenvalue weighted by molar-refractivity contribution is -0.136. The normalized spacial score (nSPS) is 11.8. The van der Waals surface area contributed by atoms with Crippen molar-refractivity contribution in [3.05, 3.63) is 29.3 Å². The number of aryl methyl sites for hydroxylation is 2. The molecule has 1 unspecified atom stereocenters. The number of hydrogen-bond acceptors (Lipinski definition) is 3. The van der Waals surface area contributed by atoms with E-state index in [0.717, 1.165) is 11.1 Å². The molecule has 0 aliphatic carbocycles. The summed E-state index contributed by atoms with van der Waals surface area (Å²) in [6, 6.07) is 5.60. The highest BCUT2D eigenvalue weighted by Crippen LogP contribution is 2.13. The summed E-state index contributed by atoms with van der Waals surface area (Å²) in [5.41, 5.74) is 2.65. The van der Waals surface area contributed by atoms with Crippen LogP contribution in [-0.4, -0.2) is 29.6 Å². The Kier molecular flexibility index (Phi) is 6.18. The van der Waals surface area contributed by atoms with E-state index in [1.165, 1.54) is 0 Å². The van der Waals surface area contributed by atoms with Gasteiger partial charge in [0.1, 0.15) is 0 Å². The van der Waals surface area contributed by atoms with Gasteiger partial charge in [-0.1, -0.05) is 13.0 Å². The second-order valence-corrected chi connectivity index (χ2v) is 4.94. The Hall–Kier alpha value is -1.88. The molecule has 0 saturated carbocycles. The first-order valence-electron chi connectivity index (χ1n) is 6.78. The topological polar surface area (TPSA) is 78.4 Å². The highest BCUT2D eigenvalue weighted by atomic mass is 16.3. The summed E-state index contributed by atoms with van der Waals surface area (Å²) in [4.78, 5) is 23.3. The summed E-state index contributed by atoms with van der Waals surface area (Å²) in [6.45, 7) is 6.00. The second-order valence-electron chi connectivity index (χ2n) is 4.94. The number of hydrogen-bond donors (Lipinski definition) is 3. The van der Waals surface area contributed by atoms with Gasteiger partial charge >= 0.3 is 11.8 Å². The maximum absolute atomic E-state index is 11.7. The lowest BCUT2D eigenvalue weighted by atomic mass is 10.1. The molecule has 0 fully saturated rings. The lowest BCUT2D eigenvalue weighted by Gasteiger charge is -2.10. The quantitative estimate of drug-likeness (QED) is 0.715. The number of aliphatic hydroxyl groups is 1. The van der Waals surface area contributed by atoms with Crippen molar-refractivity contribution < 1.29 is 14.7 Å². The molecule has 0 spiro atoms. The average Bonchev–Trinajstić information content (AvgIpc) is 2.36. The summed E-state index contributed by atoms with van der Waals surface area (Å²) in [6.07, 6.45) is 0.627. The number of carbonyl (C=O) groups is 2. The third-order valence-corrected chi connectivity index (χ3v) is 2.92. The zero-order valence-corrected chi connectivity index (χ0v) is 12.2. The van der Waals surface area contributed by atoms with Gasteiger partial charge in [0.25, 0.3) is 0 Å². The van der Waals surface area contributed by atoms with Crippen LogP contribution in [0.5, 0.6) is 0 Å². The molecule has 0 aromatic heterocycles. The Morgan fingerprint density at radius 3 is 2.30 bits per heavy atom. The van der Waals surface area contributed by atoms with Crippen LogP contribution >= 0.6 is 0 Å². The van der Waals surface area contributed by atoms with Gasteiger partial charge in [0.05, 0.1) is 6.10 Å². The molecule has 20 heavy (non-hydrogen) atoms. The van der Waals surface area contributed by atoms with Crippen LogP contribution in [-0.2, 0) is 9.59 Å². The van der Waals surface area contributed by atoms with Crippen molar-refractivity contribution >= 4 is 17.5 Å². The molecule has 1 aromatic rings. The van der Waals surface area contributed by atoms with Crippen LogP contribution in [0.15, 0.2) is 18.2 Å². The molecule has 1 aromatic carbocycles. The smallest absolute Gasteiger partial charge is 0.313 e. The van der Waals surface area contributed by atoms with Crippen molar-refractivity contribution in [2.45, 2.75) is 39.7 Å². The minimum absolute atomic E-state index is 0.286. The van der Waals surface area contributed by atoms with E-state index in [2.05, 4.69) is 10.6 Å². The molecule has 2 amide bonds. The summed E-state index contributed by atoms with van der Waals surface area (Å²) in [7, 11) is 0. The van der Waals surface area contributed by atoms with Gasteiger partial charge < -0.3 is 15.7 Å². The molecule has 3 N–H and O–H groups in total. The zero-order chi connectivity index (χ0) is 15.1. The third-order valence-electron chi connectivity index (χ3n) is 2.92. The number of benzene rings is 1. The number of nitrogens with one attached hydrogen (secondary N) is 2. The van der Waals surface area contributed by atoms with Gasteiger partial charge in [0.15, 0.2) is 0 Å². The maximum atomic E-state index is 11.7. The molecule has 0 heterocycles. The number of anilines is 1. The van der Waals surface area contributed by atoms with Crippen molar-refractivity contribution in [2.24, 2.45) is 0 Å². The predicted molar refractivity (Wildman–Crippen MR) is 78.5 cm³/mol. The molecule has 0 aliphatic heterocycles. The Morgan fingerprint density at radius 1 is 1.15 bits per heavy atom. The SMILES string of the molecule is CCC(O)CCNC(=O)C(=O)Nc1cc(C)cc(C)c1. The second kappa shape index (κ2) is 7.65. The van der Waals surface area contributed by atoms with E-state index in [9.17, 15) is 14.7 Å². The van der Waals surface area contributed by atoms with Gasteiger partial charge in [-0.3, -0.25) is 9.59 Å². The Morgan fingerprint density at radius 2 is 1.75 bits per heavy atom. The summed E-state index contributed by atoms with van der Waals surface area (Å²) in [5.74, 6) is -1.38. The fourth-order valence-electron chi connectivity index (χ4n) is 1.87. The Bertz CT molecular complexity index is 466. The van der Waals surface area contributed by atoms with Crippen molar-refractivity contribution in [3.8, 4) is 0 Å². The van der Waals surface area contributed by atoms with Crippen LogP contribution < -0.4 is 10.6 Å². The largest absolute Gasteiger partial charge is 0.393 e. The third kappa shape index (κ3) is 5.40. The van der Waals surface area contributed by atoms with E-state index >= 15 is 0 Å². The van der Waals surface area contributed by atoms with Crippen molar-refractivity contribution in [2.75, 3.05) is 11.9 Å². The molecule has 0 saturated heterocycles. The molecular weight excluding hydrogens is 256 g/mol. The highest BCUT2D eigenvalue weighted by molar-refractivity contribution is 6.39. The number of aliphatic hydroxyl groups excluding tert-OH is 1. The predicted octanol–water partition coefficient (Wildman–Crippen LogP) is 1.52. The van der Waals surface area contributed by atoms with E-state index in [1.54, 1.807) is 12.1 Å². The van der Waals surface area contributed by atoms with Gasteiger partial charge in [-0.25, -0.2) is 0 Å². The first-order chi connectivity index (χ1) is 9.42. The van der Waals surface area contributed by atoms with Crippen molar-refractivity contribution in [1.29, 1.82) is 0 Å². The molecule has 5 nitrogen and oxygen atoms in total. The van der Waals surface area contributed by atoms with Crippen LogP contribution in [0.25, 0.3) is 0 Å². The molecule has 0 radical (unpaired) electrons. The van der Waals surface area contributed by atoms with E-state index in [-0.39, 0.29) is 6.54 Å². The van der Waals surface area contributed by atoms with Crippen LogP contribution in [0.4, 0.5) is 5.69 Å². The van der Waals surface area contributed by atoms with Gasteiger partial charge in [0.2, 0.25) is 0 Å². The zero-order valence-electron chi connectivity index (χ0n) is 12.2. The summed E-state index contributed by atoms with van der Waals surface area (Å²) in [5, 5.41) is 14.4. The van der Waals surface area contributed by atoms with Gasteiger partial charge in [-0.05, 0) is 49.9 Å². The van der Waals surface area contributed by atoms with E-state index in [0.29, 0.717) is 18.5 Å². The minimum Gasteiger partial charge on any atom is -0.393 e. The van der Waals surface area contributed by atoms with Crippen LogP contribution in [0.2, 0.25) is 0 Å². The number of rotatable bonds is 5. The van der Waals surface area contributed by atoms with Crippen molar-refractivity contribution in [3.63, 3.8) is 0 Å². The Balaban J connectivity index is 2.47. The van der Waals surface area contributed by atoms with E-state index < -0.39 is 17.9 Å². The van der Waals surface area contributed by atoms with Gasteiger partial charge in [0, 0.05) is 12.2 Å². The van der Waals surface area contributed by atoms with Crippen LogP contribution in [0.1, 0.15) is 30.9 Å². The first-order valence-corrected chi connectivity index (χ1v) is 6.78. The minimum atomic E-state index is -0.694. The number of amides is 2. The lowest BCUT2D eigenvalue weighted by Crippen LogP contribution is -2.36. The van der Waals surface area contributed by atoms with Crippen LogP contribution in [0, 0.1) is 13.8 Å². The number of carbonyl (C=O) groups excluding carboxylic acids is 2. The molecule has 0 aliphatic rings. The summed E-state index contributed by atoms with van der Waals surface area (Å²) >= 11 is 0. The monoisotopic (exact) mass is 278 g/mol. The fraction of sp³-hybridized carbons (Fsp3) is 0.467. The fourth-order valence-corrected chi connectivity index (χ4v) is 1.87. The Labute approximate surface area is 119 Å². The first kappa shape index (κ1) is 16.2. The standard InChI is InChI=1S/C15H22N2O3/c1-4-13(18)5-6-16-14(19)15(20)17-12-8-10(2)7-11(3)9-12/h7-9,13,18H,4-6H2,1-3H3,(H,16,19)(H,17,20). The summed E-state index contributed by atoms with van der Waals surface area (Å²) < 4.78 is 0. The van der Waals surface area contributed by atoms with Gasteiger partial charge in [-0.15, -0.1) is 0 Å². The van der Waals surface area contributed by atoms with Gasteiger partial charge in [-0.2, -0.15) is 0 Å². The molecule has 110 valence electrons. The maximum Gasteiger partial charge on any atom is 0.313 e. The van der Waals surface area contributed by atoms with E-state index in [1.807, 2.05) is 26.8 Å². The molecule has 1 rings (SSSR count). The molecular formula is C15H22N2O3. The van der Waals surface area contributed by atoms with E-state index in [4.69, 9.17) is 0 Å². The van der Waals surface area contributed by atoms with Crippen molar-refractivity contribution in [1.82, 2.24) is 5.32 Å². The van der Waals surface area contributed by atoms with Crippen LogP contribution in [0.3, 0.4) is 0 Å². The molecule has 0 bridgehead atoms.